The lowest BCUT2D eigenvalue weighted by atomic mass is 10.1. The first-order valence-corrected chi connectivity index (χ1v) is 6.60. The Morgan fingerprint density at radius 3 is 2.61 bits per heavy atom. The van der Waals surface area contributed by atoms with E-state index in [1.54, 1.807) is 0 Å². The van der Waals surface area contributed by atoms with Crippen molar-refractivity contribution in [3.8, 4) is 0 Å². The van der Waals surface area contributed by atoms with Crippen LogP contribution in [-0.4, -0.2) is 10.4 Å². The van der Waals surface area contributed by atoms with E-state index in [0.717, 1.165) is 31.5 Å². The molecule has 0 spiro atoms. The fraction of sp³-hybridized carbons (Fsp3) is 0.312. The summed E-state index contributed by atoms with van der Waals surface area (Å²) in [6, 6.07) is 12.4. The van der Waals surface area contributed by atoms with Crippen LogP contribution in [0.4, 0.5) is 0 Å². The summed E-state index contributed by atoms with van der Waals surface area (Å²) in [6.07, 6.45) is 5.96. The smallest absolute Gasteiger partial charge is 0.179 e. The average molecular weight is 239 g/mol. The van der Waals surface area contributed by atoms with E-state index < -0.39 is 0 Å². The number of nitrogens with zero attached hydrogens (tertiary/aromatic N) is 1. The van der Waals surface area contributed by atoms with Gasteiger partial charge in [0.2, 0.25) is 0 Å². The van der Waals surface area contributed by atoms with Crippen molar-refractivity contribution in [3.05, 3.63) is 59.4 Å². The Morgan fingerprint density at radius 2 is 1.78 bits per heavy atom. The van der Waals surface area contributed by atoms with Crippen LogP contribution in [0.5, 0.6) is 0 Å². The molecule has 1 aliphatic carbocycles. The van der Waals surface area contributed by atoms with E-state index in [0.29, 0.717) is 12.2 Å². The van der Waals surface area contributed by atoms with E-state index in [1.165, 1.54) is 11.1 Å². The highest BCUT2D eigenvalue weighted by molar-refractivity contribution is 5.96. The molecule has 2 heteroatoms. The van der Waals surface area contributed by atoms with E-state index in [2.05, 4.69) is 29.0 Å². The van der Waals surface area contributed by atoms with Crippen molar-refractivity contribution in [2.75, 3.05) is 0 Å². The third-order valence-electron chi connectivity index (χ3n) is 3.61. The molecule has 18 heavy (non-hydrogen) atoms. The molecule has 0 unspecified atom stereocenters. The van der Waals surface area contributed by atoms with Gasteiger partial charge < -0.3 is 4.57 Å². The summed E-state index contributed by atoms with van der Waals surface area (Å²) in [5.41, 5.74) is 3.41. The first-order valence-electron chi connectivity index (χ1n) is 6.60. The maximum atomic E-state index is 12.2. The number of Topliss-reactive ketones (excluding diaryl/α,β-unsaturated/α-hetero) is 1. The predicted octanol–water partition coefficient (Wildman–Crippen LogP) is 3.45. The van der Waals surface area contributed by atoms with E-state index in [9.17, 15) is 4.79 Å². The largest absolute Gasteiger partial charge is 0.340 e. The summed E-state index contributed by atoms with van der Waals surface area (Å²) in [5.74, 6) is 0.309. The van der Waals surface area contributed by atoms with Crippen LogP contribution in [0, 0.1) is 0 Å². The molecule has 0 bridgehead atoms. The van der Waals surface area contributed by atoms with Gasteiger partial charge in [0, 0.05) is 19.2 Å². The molecule has 1 aliphatic rings. The first kappa shape index (κ1) is 11.3. The SMILES string of the molecule is O=C1CCCCc2ccn(Cc3ccccc3)c21. The van der Waals surface area contributed by atoms with Crippen LogP contribution < -0.4 is 0 Å². The lowest BCUT2D eigenvalue weighted by Gasteiger charge is -2.08. The van der Waals surface area contributed by atoms with Crippen LogP contribution in [0.25, 0.3) is 0 Å². The molecule has 0 saturated carbocycles. The number of rotatable bonds is 2. The van der Waals surface area contributed by atoms with Crippen LogP contribution in [0.1, 0.15) is 40.9 Å². The molecule has 1 aromatic heterocycles. The van der Waals surface area contributed by atoms with Gasteiger partial charge in [0.25, 0.3) is 0 Å². The second-order valence-corrected chi connectivity index (χ2v) is 4.93. The number of hydrogen-bond donors (Lipinski definition) is 0. The minimum atomic E-state index is 0.309. The Morgan fingerprint density at radius 1 is 1.00 bits per heavy atom. The molecule has 0 saturated heterocycles. The van der Waals surface area contributed by atoms with Crippen molar-refractivity contribution < 1.29 is 4.79 Å². The van der Waals surface area contributed by atoms with Crippen molar-refractivity contribution >= 4 is 5.78 Å². The zero-order chi connectivity index (χ0) is 12.4. The van der Waals surface area contributed by atoms with Crippen molar-refractivity contribution in [2.45, 2.75) is 32.2 Å². The van der Waals surface area contributed by atoms with Gasteiger partial charge in [-0.2, -0.15) is 0 Å². The zero-order valence-electron chi connectivity index (χ0n) is 10.4. The summed E-state index contributed by atoms with van der Waals surface area (Å²) >= 11 is 0. The van der Waals surface area contributed by atoms with Crippen LogP contribution in [-0.2, 0) is 13.0 Å². The highest BCUT2D eigenvalue weighted by Crippen LogP contribution is 2.22. The monoisotopic (exact) mass is 239 g/mol. The zero-order valence-corrected chi connectivity index (χ0v) is 10.4. The van der Waals surface area contributed by atoms with Crippen molar-refractivity contribution in [1.29, 1.82) is 0 Å². The van der Waals surface area contributed by atoms with Crippen LogP contribution in [0.2, 0.25) is 0 Å². The molecular weight excluding hydrogens is 222 g/mol. The topological polar surface area (TPSA) is 22.0 Å². The van der Waals surface area contributed by atoms with Gasteiger partial charge in [0.1, 0.15) is 0 Å². The molecule has 0 N–H and O–H groups in total. The van der Waals surface area contributed by atoms with Gasteiger partial charge in [-0.15, -0.1) is 0 Å². The molecule has 2 nitrogen and oxygen atoms in total. The van der Waals surface area contributed by atoms with E-state index in [-0.39, 0.29) is 0 Å². The number of carbonyl (C=O) groups is 1. The predicted molar refractivity (Wildman–Crippen MR) is 71.9 cm³/mol. The fourth-order valence-corrected chi connectivity index (χ4v) is 2.69. The average Bonchev–Trinajstić information content (AvgIpc) is 2.69. The van der Waals surface area contributed by atoms with Crippen LogP contribution in [0.15, 0.2) is 42.6 Å². The Labute approximate surface area is 107 Å². The minimum Gasteiger partial charge on any atom is -0.340 e. The Balaban J connectivity index is 1.94. The summed E-state index contributed by atoms with van der Waals surface area (Å²) in [5, 5.41) is 0. The van der Waals surface area contributed by atoms with Crippen molar-refractivity contribution in [3.63, 3.8) is 0 Å². The minimum absolute atomic E-state index is 0.309. The molecule has 1 aromatic carbocycles. The second-order valence-electron chi connectivity index (χ2n) is 4.93. The molecule has 0 atom stereocenters. The van der Waals surface area contributed by atoms with E-state index in [1.807, 2.05) is 18.2 Å². The highest BCUT2D eigenvalue weighted by Gasteiger charge is 2.19. The lowest BCUT2D eigenvalue weighted by molar-refractivity contribution is 0.0973. The maximum Gasteiger partial charge on any atom is 0.179 e. The van der Waals surface area contributed by atoms with Gasteiger partial charge in [-0.1, -0.05) is 30.3 Å². The van der Waals surface area contributed by atoms with Gasteiger partial charge in [0.15, 0.2) is 5.78 Å². The number of aromatic nitrogens is 1. The van der Waals surface area contributed by atoms with Crippen molar-refractivity contribution in [2.24, 2.45) is 0 Å². The normalized spacial score (nSPS) is 15.2. The molecule has 3 rings (SSSR count). The van der Waals surface area contributed by atoms with E-state index >= 15 is 0 Å². The Kier molecular flexibility index (Phi) is 3.01. The molecule has 0 fully saturated rings. The third kappa shape index (κ3) is 2.10. The Hall–Kier alpha value is -1.83. The lowest BCUT2D eigenvalue weighted by Crippen LogP contribution is -2.10. The van der Waals surface area contributed by atoms with Crippen molar-refractivity contribution in [1.82, 2.24) is 4.57 Å². The van der Waals surface area contributed by atoms with E-state index in [4.69, 9.17) is 0 Å². The number of benzene rings is 1. The molecule has 0 amide bonds. The van der Waals surface area contributed by atoms with Crippen LogP contribution in [0.3, 0.4) is 0 Å². The number of hydrogen-bond acceptors (Lipinski definition) is 1. The highest BCUT2D eigenvalue weighted by atomic mass is 16.1. The summed E-state index contributed by atoms with van der Waals surface area (Å²) in [6.45, 7) is 0.794. The number of ketones is 1. The number of aryl methyl sites for hydroxylation is 1. The molecule has 2 aromatic rings. The molecule has 92 valence electrons. The molecule has 0 radical (unpaired) electrons. The maximum absolute atomic E-state index is 12.2. The standard InChI is InChI=1S/C16H17NO/c18-15-9-5-4-8-14-10-11-17(16(14)15)12-13-6-2-1-3-7-13/h1-3,6-7,10-11H,4-5,8-9,12H2. The van der Waals surface area contributed by atoms with Gasteiger partial charge >= 0.3 is 0 Å². The number of fused-ring (bicyclic) bond motifs is 1. The summed E-state index contributed by atoms with van der Waals surface area (Å²) in [4.78, 5) is 12.2. The molecular formula is C16H17NO. The quantitative estimate of drug-likeness (QED) is 0.736. The molecule has 1 heterocycles. The van der Waals surface area contributed by atoms with Gasteiger partial charge in [0.05, 0.1) is 5.69 Å². The number of carbonyl (C=O) groups excluding carboxylic acids is 1. The third-order valence-corrected chi connectivity index (χ3v) is 3.61. The summed E-state index contributed by atoms with van der Waals surface area (Å²) in [7, 11) is 0. The van der Waals surface area contributed by atoms with Gasteiger partial charge in [-0.05, 0) is 36.5 Å². The Bertz CT molecular complexity index is 554. The first-order chi connectivity index (χ1) is 8.84. The van der Waals surface area contributed by atoms with Gasteiger partial charge in [-0.3, -0.25) is 4.79 Å². The fourth-order valence-electron chi connectivity index (χ4n) is 2.69. The summed E-state index contributed by atoms with van der Waals surface area (Å²) < 4.78 is 2.11. The van der Waals surface area contributed by atoms with Gasteiger partial charge in [-0.25, -0.2) is 0 Å². The van der Waals surface area contributed by atoms with Crippen LogP contribution >= 0.6 is 0 Å². The second kappa shape index (κ2) is 4.81. The molecule has 0 aliphatic heterocycles.